The van der Waals surface area contributed by atoms with Crippen LogP contribution in [0.1, 0.15) is 45.2 Å². The second-order valence-corrected chi connectivity index (χ2v) is 7.91. The molecule has 0 amide bonds. The SMILES string of the molecule is CC(C)Cc1nc(-c2ccncc2)sc1CNC(C)(C)C. The van der Waals surface area contributed by atoms with Crippen LogP contribution in [-0.2, 0) is 13.0 Å². The molecular formula is C17H25N3S. The third-order valence-corrected chi connectivity index (χ3v) is 4.23. The fraction of sp³-hybridized carbons (Fsp3) is 0.529. The molecular weight excluding hydrogens is 278 g/mol. The van der Waals surface area contributed by atoms with Gasteiger partial charge < -0.3 is 5.32 Å². The summed E-state index contributed by atoms with van der Waals surface area (Å²) in [6, 6.07) is 4.05. The minimum atomic E-state index is 0.121. The number of aromatic nitrogens is 2. The van der Waals surface area contributed by atoms with Crippen molar-refractivity contribution >= 4 is 11.3 Å². The first-order valence-corrected chi connectivity index (χ1v) is 8.31. The molecule has 0 atom stereocenters. The average molecular weight is 303 g/mol. The lowest BCUT2D eigenvalue weighted by Crippen LogP contribution is -2.35. The van der Waals surface area contributed by atoms with Crippen LogP contribution in [0.4, 0.5) is 0 Å². The first kappa shape index (κ1) is 16.1. The molecule has 0 aliphatic rings. The maximum Gasteiger partial charge on any atom is 0.124 e. The predicted molar refractivity (Wildman–Crippen MR) is 90.5 cm³/mol. The Bertz CT molecular complexity index is 567. The van der Waals surface area contributed by atoms with Crippen molar-refractivity contribution in [1.82, 2.24) is 15.3 Å². The average Bonchev–Trinajstić information content (AvgIpc) is 2.79. The summed E-state index contributed by atoms with van der Waals surface area (Å²) in [7, 11) is 0. The highest BCUT2D eigenvalue weighted by Gasteiger charge is 2.16. The summed E-state index contributed by atoms with van der Waals surface area (Å²) in [5.41, 5.74) is 2.51. The summed E-state index contributed by atoms with van der Waals surface area (Å²) in [6.45, 7) is 12.0. The molecule has 0 bridgehead atoms. The summed E-state index contributed by atoms with van der Waals surface area (Å²) in [6.07, 6.45) is 4.68. The van der Waals surface area contributed by atoms with Gasteiger partial charge in [-0.15, -0.1) is 11.3 Å². The van der Waals surface area contributed by atoms with E-state index in [2.05, 4.69) is 44.9 Å². The van der Waals surface area contributed by atoms with Gasteiger partial charge in [-0.3, -0.25) is 4.98 Å². The second kappa shape index (κ2) is 6.67. The van der Waals surface area contributed by atoms with Crippen molar-refractivity contribution in [2.24, 2.45) is 5.92 Å². The van der Waals surface area contributed by atoms with Gasteiger partial charge in [0.15, 0.2) is 0 Å². The lowest BCUT2D eigenvalue weighted by Gasteiger charge is -2.20. The van der Waals surface area contributed by atoms with Crippen LogP contribution in [0.3, 0.4) is 0 Å². The molecule has 0 spiro atoms. The van der Waals surface area contributed by atoms with Crippen LogP contribution in [0.5, 0.6) is 0 Å². The van der Waals surface area contributed by atoms with E-state index >= 15 is 0 Å². The molecule has 3 nitrogen and oxygen atoms in total. The van der Waals surface area contributed by atoms with Crippen molar-refractivity contribution in [2.45, 2.75) is 53.1 Å². The number of thiazole rings is 1. The highest BCUT2D eigenvalue weighted by Crippen LogP contribution is 2.29. The number of pyridine rings is 1. The Morgan fingerprint density at radius 2 is 1.86 bits per heavy atom. The second-order valence-electron chi connectivity index (χ2n) is 6.83. The topological polar surface area (TPSA) is 37.8 Å². The van der Waals surface area contributed by atoms with Gasteiger partial charge in [0.25, 0.3) is 0 Å². The molecule has 0 unspecified atom stereocenters. The van der Waals surface area contributed by atoms with E-state index in [0.29, 0.717) is 5.92 Å². The fourth-order valence-corrected chi connectivity index (χ4v) is 3.07. The minimum absolute atomic E-state index is 0.121. The molecule has 0 aliphatic heterocycles. The number of rotatable bonds is 5. The standard InChI is InChI=1S/C17H25N3S/c1-12(2)10-14-15(11-19-17(3,4)5)21-16(20-14)13-6-8-18-9-7-13/h6-9,12,19H,10-11H2,1-5H3. The molecule has 2 aromatic rings. The van der Waals surface area contributed by atoms with E-state index in [0.717, 1.165) is 23.5 Å². The highest BCUT2D eigenvalue weighted by molar-refractivity contribution is 7.15. The Labute approximate surface area is 131 Å². The van der Waals surface area contributed by atoms with Gasteiger partial charge in [0.1, 0.15) is 5.01 Å². The van der Waals surface area contributed by atoms with E-state index in [-0.39, 0.29) is 5.54 Å². The number of nitrogens with zero attached hydrogens (tertiary/aromatic N) is 2. The molecule has 2 rings (SSSR count). The third kappa shape index (κ3) is 4.90. The Kier molecular flexibility index (Phi) is 5.12. The van der Waals surface area contributed by atoms with Crippen LogP contribution in [0, 0.1) is 5.92 Å². The lowest BCUT2D eigenvalue weighted by molar-refractivity contribution is 0.425. The summed E-state index contributed by atoms with van der Waals surface area (Å²) in [4.78, 5) is 10.3. The van der Waals surface area contributed by atoms with Crippen molar-refractivity contribution in [2.75, 3.05) is 0 Å². The van der Waals surface area contributed by atoms with E-state index < -0.39 is 0 Å². The lowest BCUT2D eigenvalue weighted by atomic mass is 10.1. The van der Waals surface area contributed by atoms with Gasteiger partial charge in [-0.05, 0) is 45.2 Å². The number of hydrogen-bond acceptors (Lipinski definition) is 4. The molecule has 21 heavy (non-hydrogen) atoms. The van der Waals surface area contributed by atoms with E-state index in [1.165, 1.54) is 10.6 Å². The van der Waals surface area contributed by atoms with Gasteiger partial charge in [-0.2, -0.15) is 0 Å². The highest BCUT2D eigenvalue weighted by atomic mass is 32.1. The van der Waals surface area contributed by atoms with Crippen LogP contribution < -0.4 is 5.32 Å². The molecule has 1 N–H and O–H groups in total. The van der Waals surface area contributed by atoms with Gasteiger partial charge in [0.2, 0.25) is 0 Å². The number of hydrogen-bond donors (Lipinski definition) is 1. The largest absolute Gasteiger partial charge is 0.307 e. The van der Waals surface area contributed by atoms with Crippen molar-refractivity contribution in [3.8, 4) is 10.6 Å². The quantitative estimate of drug-likeness (QED) is 0.895. The van der Waals surface area contributed by atoms with E-state index in [1.807, 2.05) is 24.5 Å². The van der Waals surface area contributed by atoms with Crippen LogP contribution in [0.25, 0.3) is 10.6 Å². The van der Waals surface area contributed by atoms with Crippen molar-refractivity contribution < 1.29 is 0 Å². The zero-order valence-corrected chi connectivity index (χ0v) is 14.4. The molecule has 2 heterocycles. The van der Waals surface area contributed by atoms with Gasteiger partial charge in [-0.1, -0.05) is 13.8 Å². The van der Waals surface area contributed by atoms with Crippen molar-refractivity contribution in [1.29, 1.82) is 0 Å². The monoisotopic (exact) mass is 303 g/mol. The maximum atomic E-state index is 4.87. The molecule has 0 saturated carbocycles. The zero-order valence-electron chi connectivity index (χ0n) is 13.6. The predicted octanol–water partition coefficient (Wildman–Crippen LogP) is 4.29. The molecule has 0 aromatic carbocycles. The first-order chi connectivity index (χ1) is 9.85. The smallest absolute Gasteiger partial charge is 0.124 e. The Morgan fingerprint density at radius 3 is 2.43 bits per heavy atom. The van der Waals surface area contributed by atoms with Crippen LogP contribution >= 0.6 is 11.3 Å². The van der Waals surface area contributed by atoms with Crippen LogP contribution in [0.15, 0.2) is 24.5 Å². The molecule has 0 aliphatic carbocycles. The Hall–Kier alpha value is -1.26. The van der Waals surface area contributed by atoms with E-state index in [4.69, 9.17) is 4.98 Å². The molecule has 2 aromatic heterocycles. The Balaban J connectivity index is 2.27. The fourth-order valence-electron chi connectivity index (χ4n) is 2.03. The maximum absolute atomic E-state index is 4.87. The van der Waals surface area contributed by atoms with E-state index in [9.17, 15) is 0 Å². The summed E-state index contributed by atoms with van der Waals surface area (Å²) in [5, 5.41) is 4.67. The molecule has 0 fully saturated rings. The first-order valence-electron chi connectivity index (χ1n) is 7.49. The van der Waals surface area contributed by atoms with E-state index in [1.54, 1.807) is 11.3 Å². The Morgan fingerprint density at radius 1 is 1.19 bits per heavy atom. The molecule has 114 valence electrons. The summed E-state index contributed by atoms with van der Waals surface area (Å²) < 4.78 is 0. The van der Waals surface area contributed by atoms with Crippen molar-refractivity contribution in [3.05, 3.63) is 35.1 Å². The van der Waals surface area contributed by atoms with Gasteiger partial charge in [0, 0.05) is 34.9 Å². The van der Waals surface area contributed by atoms with Crippen molar-refractivity contribution in [3.63, 3.8) is 0 Å². The molecule has 0 radical (unpaired) electrons. The summed E-state index contributed by atoms with van der Waals surface area (Å²) >= 11 is 1.79. The van der Waals surface area contributed by atoms with Crippen LogP contribution in [0.2, 0.25) is 0 Å². The normalized spacial score (nSPS) is 12.1. The number of nitrogens with one attached hydrogen (secondary N) is 1. The van der Waals surface area contributed by atoms with Gasteiger partial charge in [-0.25, -0.2) is 4.98 Å². The molecule has 0 saturated heterocycles. The third-order valence-electron chi connectivity index (χ3n) is 3.09. The zero-order chi connectivity index (χ0) is 15.5. The molecule has 4 heteroatoms. The minimum Gasteiger partial charge on any atom is -0.307 e. The van der Waals surface area contributed by atoms with Gasteiger partial charge >= 0.3 is 0 Å². The van der Waals surface area contributed by atoms with Crippen LogP contribution in [-0.4, -0.2) is 15.5 Å². The van der Waals surface area contributed by atoms with Gasteiger partial charge in [0.05, 0.1) is 5.69 Å². The summed E-state index contributed by atoms with van der Waals surface area (Å²) in [5.74, 6) is 0.616.